The number of nitrogens with zero attached hydrogens (tertiary/aromatic N) is 3. The van der Waals surface area contributed by atoms with Gasteiger partial charge in [0, 0.05) is 54.2 Å². The fourth-order valence-corrected chi connectivity index (χ4v) is 5.52. The van der Waals surface area contributed by atoms with Gasteiger partial charge in [0.1, 0.15) is 18.5 Å². The van der Waals surface area contributed by atoms with Crippen molar-refractivity contribution in [2.45, 2.75) is 25.0 Å². The van der Waals surface area contributed by atoms with Crippen LogP contribution in [0, 0.1) is 0 Å². The highest BCUT2D eigenvalue weighted by atomic mass is 35.5. The van der Waals surface area contributed by atoms with Gasteiger partial charge in [0.05, 0.1) is 24.5 Å². The van der Waals surface area contributed by atoms with Crippen LogP contribution >= 0.6 is 34.8 Å². The van der Waals surface area contributed by atoms with Crippen LogP contribution in [0.2, 0.25) is 15.1 Å². The first-order chi connectivity index (χ1) is 20.4. The van der Waals surface area contributed by atoms with E-state index in [2.05, 4.69) is 34.2 Å². The van der Waals surface area contributed by atoms with Crippen LogP contribution < -0.4 is 10.5 Å². The highest BCUT2D eigenvalue weighted by Crippen LogP contribution is 2.40. The third-order valence-electron chi connectivity index (χ3n) is 6.91. The summed E-state index contributed by atoms with van der Waals surface area (Å²) in [6.45, 7) is 4.00. The molecule has 0 radical (unpaired) electrons. The lowest BCUT2D eigenvalue weighted by Crippen LogP contribution is -2.34. The van der Waals surface area contributed by atoms with Gasteiger partial charge in [0.15, 0.2) is 0 Å². The molecule has 2 heterocycles. The van der Waals surface area contributed by atoms with Crippen molar-refractivity contribution in [1.82, 2.24) is 14.5 Å². The van der Waals surface area contributed by atoms with E-state index in [1.807, 2.05) is 53.2 Å². The fraction of sp³-hybridized carbons (Fsp3) is 0.281. The molecule has 1 aliphatic heterocycles. The Bertz CT molecular complexity index is 1450. The van der Waals surface area contributed by atoms with E-state index < -0.39 is 5.79 Å². The second-order valence-corrected chi connectivity index (χ2v) is 11.4. The molecule has 220 valence electrons. The van der Waals surface area contributed by atoms with Crippen molar-refractivity contribution in [1.29, 1.82) is 0 Å². The quantitative estimate of drug-likeness (QED) is 0.179. The van der Waals surface area contributed by atoms with Gasteiger partial charge in [0.2, 0.25) is 5.79 Å². The monoisotopic (exact) mass is 626 g/mol. The molecule has 3 aromatic carbocycles. The molecule has 5 rings (SSSR count). The molecular formula is C32H33Cl3N4O3. The number of imidazole rings is 1. The molecule has 0 spiro atoms. The molecule has 0 bridgehead atoms. The summed E-state index contributed by atoms with van der Waals surface area (Å²) in [7, 11) is 0. The molecule has 1 aliphatic rings. The zero-order chi connectivity index (χ0) is 29.4. The largest absolute Gasteiger partial charge is 0.491 e. The van der Waals surface area contributed by atoms with Gasteiger partial charge < -0.3 is 24.5 Å². The molecular weight excluding hydrogens is 595 g/mol. The first kappa shape index (κ1) is 30.6. The minimum Gasteiger partial charge on any atom is -0.491 e. The molecule has 0 aliphatic carbocycles. The Morgan fingerprint density at radius 1 is 1.05 bits per heavy atom. The molecule has 1 saturated heterocycles. The summed E-state index contributed by atoms with van der Waals surface area (Å²) < 4.78 is 20.7. The number of aromatic nitrogens is 2. The predicted molar refractivity (Wildman–Crippen MR) is 168 cm³/mol. The van der Waals surface area contributed by atoms with Crippen LogP contribution in [-0.2, 0) is 28.4 Å². The van der Waals surface area contributed by atoms with E-state index >= 15 is 0 Å². The van der Waals surface area contributed by atoms with Gasteiger partial charge in [-0.05, 0) is 47.5 Å². The van der Waals surface area contributed by atoms with Crippen LogP contribution in [0.25, 0.3) is 6.08 Å². The summed E-state index contributed by atoms with van der Waals surface area (Å²) in [4.78, 5) is 6.44. The highest BCUT2D eigenvalue weighted by molar-refractivity contribution is 6.35. The summed E-state index contributed by atoms with van der Waals surface area (Å²) >= 11 is 18.7. The van der Waals surface area contributed by atoms with Crippen LogP contribution in [-0.4, -0.2) is 53.4 Å². The normalized spacial score (nSPS) is 18.7. The molecule has 0 unspecified atom stereocenters. The second kappa shape index (κ2) is 14.5. The van der Waals surface area contributed by atoms with E-state index in [0.29, 0.717) is 41.9 Å². The van der Waals surface area contributed by atoms with Crippen molar-refractivity contribution in [3.05, 3.63) is 123 Å². The van der Waals surface area contributed by atoms with E-state index in [1.165, 1.54) is 5.56 Å². The van der Waals surface area contributed by atoms with Crippen molar-refractivity contribution >= 4 is 40.9 Å². The van der Waals surface area contributed by atoms with Crippen molar-refractivity contribution in [3.63, 3.8) is 0 Å². The van der Waals surface area contributed by atoms with E-state index in [0.717, 1.165) is 36.0 Å². The van der Waals surface area contributed by atoms with Gasteiger partial charge in [-0.25, -0.2) is 4.98 Å². The zero-order valence-corrected chi connectivity index (χ0v) is 25.3. The maximum atomic E-state index is 6.57. The van der Waals surface area contributed by atoms with Crippen LogP contribution in [0.4, 0.5) is 0 Å². The predicted octanol–water partition coefficient (Wildman–Crippen LogP) is 6.66. The summed E-state index contributed by atoms with van der Waals surface area (Å²) in [5.41, 5.74) is 8.87. The lowest BCUT2D eigenvalue weighted by Gasteiger charge is -2.30. The summed E-state index contributed by atoms with van der Waals surface area (Å²) in [6, 6.07) is 21.2. The number of hydrogen-bond donors (Lipinski definition) is 1. The van der Waals surface area contributed by atoms with E-state index in [-0.39, 0.29) is 6.10 Å². The van der Waals surface area contributed by atoms with E-state index in [9.17, 15) is 0 Å². The van der Waals surface area contributed by atoms with Crippen molar-refractivity contribution in [2.24, 2.45) is 5.73 Å². The minimum atomic E-state index is -1.09. The Kier molecular flexibility index (Phi) is 10.6. The summed E-state index contributed by atoms with van der Waals surface area (Å²) in [5.74, 6) is -0.332. The van der Waals surface area contributed by atoms with Gasteiger partial charge in [0.25, 0.3) is 0 Å². The molecule has 4 aromatic rings. The molecule has 2 atom stereocenters. The van der Waals surface area contributed by atoms with Crippen molar-refractivity contribution in [2.75, 3.05) is 32.8 Å². The molecule has 0 amide bonds. The van der Waals surface area contributed by atoms with Gasteiger partial charge in [-0.15, -0.1) is 0 Å². The van der Waals surface area contributed by atoms with Gasteiger partial charge in [-0.3, -0.25) is 4.90 Å². The maximum Gasteiger partial charge on any atom is 0.215 e. The second-order valence-electron chi connectivity index (χ2n) is 10.1. The van der Waals surface area contributed by atoms with Crippen molar-refractivity contribution < 1.29 is 14.2 Å². The smallest absolute Gasteiger partial charge is 0.215 e. The van der Waals surface area contributed by atoms with E-state index in [1.54, 1.807) is 24.7 Å². The fourth-order valence-electron chi connectivity index (χ4n) is 4.84. The van der Waals surface area contributed by atoms with Crippen molar-refractivity contribution in [3.8, 4) is 5.75 Å². The Balaban J connectivity index is 1.17. The third-order valence-corrected chi connectivity index (χ3v) is 7.71. The SMILES string of the molecule is NCCN(CC=Cc1ccc(Cl)cc1)Cc1ccc(OC[C@H]2CO[C@](Cn3ccnc3)(c3ccc(Cl)cc3Cl)O2)cc1. The first-order valence-corrected chi connectivity index (χ1v) is 14.9. The maximum absolute atomic E-state index is 6.57. The first-order valence-electron chi connectivity index (χ1n) is 13.7. The van der Waals surface area contributed by atoms with Crippen LogP contribution in [0.5, 0.6) is 5.75 Å². The average Bonchev–Trinajstić information content (AvgIpc) is 3.64. The lowest BCUT2D eigenvalue weighted by molar-refractivity contribution is -0.189. The number of rotatable bonds is 13. The lowest BCUT2D eigenvalue weighted by atomic mass is 10.1. The molecule has 0 saturated carbocycles. The number of benzene rings is 3. The highest BCUT2D eigenvalue weighted by Gasteiger charge is 2.45. The summed E-state index contributed by atoms with van der Waals surface area (Å²) in [5, 5.41) is 1.75. The third kappa shape index (κ3) is 8.14. The molecule has 7 nitrogen and oxygen atoms in total. The van der Waals surface area contributed by atoms with E-state index in [4.69, 9.17) is 54.7 Å². The molecule has 1 fully saturated rings. The van der Waals surface area contributed by atoms with Gasteiger partial charge in [-0.1, -0.05) is 77.3 Å². The topological polar surface area (TPSA) is 74.8 Å². The standard InChI is InChI=1S/C32H33Cl3N4O3/c33-26-7-3-24(4-8-26)2-1-15-38(16-13-36)19-25-5-10-28(11-6-25)40-20-29-21-41-32(42-29,22-39-17-14-37-23-39)30-12-9-27(34)18-31(30)35/h1-12,14,17-18,23,29H,13,15-16,19-22,36H2/t29-,32-/m0/s1. The molecule has 10 heteroatoms. The number of ether oxygens (including phenoxy) is 3. The summed E-state index contributed by atoms with van der Waals surface area (Å²) in [6.07, 6.45) is 9.22. The number of hydrogen-bond acceptors (Lipinski definition) is 6. The number of halogens is 3. The molecule has 1 aromatic heterocycles. The Hall–Kier alpha value is -2.88. The van der Waals surface area contributed by atoms with Crippen LogP contribution in [0.1, 0.15) is 16.7 Å². The number of nitrogens with two attached hydrogens (primary N) is 1. The van der Waals surface area contributed by atoms with Crippen LogP contribution in [0.3, 0.4) is 0 Å². The van der Waals surface area contributed by atoms with Gasteiger partial charge >= 0.3 is 0 Å². The Morgan fingerprint density at radius 3 is 2.55 bits per heavy atom. The molecule has 42 heavy (non-hydrogen) atoms. The average molecular weight is 628 g/mol. The van der Waals surface area contributed by atoms with Crippen LogP contribution in [0.15, 0.2) is 91.5 Å². The Labute approximate surface area is 261 Å². The minimum absolute atomic E-state index is 0.299. The van der Waals surface area contributed by atoms with Gasteiger partial charge in [-0.2, -0.15) is 0 Å². The molecule has 2 N–H and O–H groups in total. The Morgan fingerprint density at radius 2 is 1.83 bits per heavy atom. The zero-order valence-electron chi connectivity index (χ0n) is 23.0.